The van der Waals surface area contributed by atoms with Crippen LogP contribution in [0.4, 0.5) is 5.69 Å². The van der Waals surface area contributed by atoms with Crippen LogP contribution in [0, 0.1) is 0 Å². The minimum Gasteiger partial charge on any atom is -0.496 e. The van der Waals surface area contributed by atoms with Gasteiger partial charge in [0, 0.05) is 12.1 Å². The predicted molar refractivity (Wildman–Crippen MR) is 80.5 cm³/mol. The number of methoxy groups -OCH3 is 1. The van der Waals surface area contributed by atoms with Gasteiger partial charge in [-0.25, -0.2) is 4.79 Å². The van der Waals surface area contributed by atoms with Crippen LogP contribution in [0.1, 0.15) is 44.5 Å². The molecule has 21 heavy (non-hydrogen) atoms. The van der Waals surface area contributed by atoms with Gasteiger partial charge >= 0.3 is 5.97 Å². The number of esters is 1. The van der Waals surface area contributed by atoms with E-state index in [0.29, 0.717) is 17.9 Å². The highest BCUT2D eigenvalue weighted by Crippen LogP contribution is 2.40. The molecule has 0 radical (unpaired) electrons. The molecule has 0 aromatic heterocycles. The Labute approximate surface area is 125 Å². The molecule has 5 nitrogen and oxygen atoms in total. The molecule has 0 bridgehead atoms. The third kappa shape index (κ3) is 3.13. The normalized spacial score (nSPS) is 22.8. The molecule has 0 aliphatic carbocycles. The lowest BCUT2D eigenvalue weighted by atomic mass is 9.97. The average molecular weight is 293 g/mol. The van der Waals surface area contributed by atoms with Crippen LogP contribution in [0.25, 0.3) is 0 Å². The number of nitrogens with two attached hydrogens (primary N) is 1. The fraction of sp³-hybridized carbons (Fsp3) is 0.562. The van der Waals surface area contributed by atoms with Crippen LogP contribution in [0.15, 0.2) is 18.2 Å². The number of nitrogen functional groups attached to an aromatic ring is 1. The summed E-state index contributed by atoms with van der Waals surface area (Å²) in [4.78, 5) is 12.5. The van der Waals surface area contributed by atoms with Crippen LogP contribution >= 0.6 is 0 Å². The highest BCUT2D eigenvalue weighted by molar-refractivity contribution is 5.98. The Morgan fingerprint density at radius 3 is 2.52 bits per heavy atom. The second kappa shape index (κ2) is 5.22. The van der Waals surface area contributed by atoms with Crippen LogP contribution in [-0.2, 0) is 9.47 Å². The van der Waals surface area contributed by atoms with Gasteiger partial charge in [0.1, 0.15) is 23.0 Å². The fourth-order valence-corrected chi connectivity index (χ4v) is 2.82. The zero-order valence-corrected chi connectivity index (χ0v) is 13.2. The summed E-state index contributed by atoms with van der Waals surface area (Å²) in [6.07, 6.45) is 0.310. The molecule has 1 aromatic carbocycles. The summed E-state index contributed by atoms with van der Waals surface area (Å²) < 4.78 is 16.8. The summed E-state index contributed by atoms with van der Waals surface area (Å²) in [5.74, 6) is -0.0692. The minimum atomic E-state index is -0.532. The van der Waals surface area contributed by atoms with Gasteiger partial charge in [-0.3, -0.25) is 0 Å². The predicted octanol–water partition coefficient (Wildman–Crippen LogP) is 2.78. The second-order valence-electron chi connectivity index (χ2n) is 6.49. The van der Waals surface area contributed by atoms with Gasteiger partial charge < -0.3 is 19.9 Å². The molecule has 1 heterocycles. The third-order valence-electron chi connectivity index (χ3n) is 3.72. The summed E-state index contributed by atoms with van der Waals surface area (Å²) in [7, 11) is 1.50. The number of hydrogen-bond donors (Lipinski definition) is 1. The van der Waals surface area contributed by atoms with E-state index in [1.807, 2.05) is 27.7 Å². The third-order valence-corrected chi connectivity index (χ3v) is 3.72. The molecule has 1 aliphatic rings. The molecule has 5 heteroatoms. The van der Waals surface area contributed by atoms with Gasteiger partial charge in [0.15, 0.2) is 0 Å². The maximum atomic E-state index is 12.5. The smallest absolute Gasteiger partial charge is 0.344 e. The van der Waals surface area contributed by atoms with E-state index >= 15 is 0 Å². The van der Waals surface area contributed by atoms with E-state index in [4.69, 9.17) is 19.9 Å². The largest absolute Gasteiger partial charge is 0.496 e. The van der Waals surface area contributed by atoms with Crippen LogP contribution in [0.3, 0.4) is 0 Å². The Hall–Kier alpha value is -1.75. The lowest BCUT2D eigenvalue weighted by Gasteiger charge is -2.27. The summed E-state index contributed by atoms with van der Waals surface area (Å²) in [6, 6.07) is 5.07. The van der Waals surface area contributed by atoms with Crippen LogP contribution in [0.2, 0.25) is 0 Å². The second-order valence-corrected chi connectivity index (χ2v) is 6.49. The lowest BCUT2D eigenvalue weighted by molar-refractivity contribution is -0.0925. The van der Waals surface area contributed by atoms with Gasteiger partial charge in [-0.15, -0.1) is 0 Å². The average Bonchev–Trinajstić information content (AvgIpc) is 2.56. The van der Waals surface area contributed by atoms with Crippen molar-refractivity contribution in [2.45, 2.75) is 51.4 Å². The maximum absolute atomic E-state index is 12.5. The zero-order valence-electron chi connectivity index (χ0n) is 13.2. The van der Waals surface area contributed by atoms with E-state index in [1.165, 1.54) is 7.11 Å². The highest BCUT2D eigenvalue weighted by atomic mass is 16.6. The van der Waals surface area contributed by atoms with Gasteiger partial charge in [-0.1, -0.05) is 6.07 Å². The summed E-state index contributed by atoms with van der Waals surface area (Å²) in [5.41, 5.74) is 5.64. The number of carbonyl (C=O) groups excluding carboxylic acids is 1. The number of ether oxygens (including phenoxy) is 3. The lowest BCUT2D eigenvalue weighted by Crippen LogP contribution is -2.36. The first-order valence-corrected chi connectivity index (χ1v) is 7.00. The molecule has 2 rings (SSSR count). The van der Waals surface area contributed by atoms with E-state index < -0.39 is 11.6 Å². The van der Waals surface area contributed by atoms with Crippen molar-refractivity contribution in [2.75, 3.05) is 12.8 Å². The van der Waals surface area contributed by atoms with Gasteiger partial charge in [-0.05, 0) is 39.8 Å². The molecule has 2 N–H and O–H groups in total. The van der Waals surface area contributed by atoms with Crippen molar-refractivity contribution in [2.24, 2.45) is 0 Å². The van der Waals surface area contributed by atoms with Crippen molar-refractivity contribution in [1.29, 1.82) is 0 Å². The van der Waals surface area contributed by atoms with Gasteiger partial charge in [0.2, 0.25) is 0 Å². The fourth-order valence-electron chi connectivity index (χ4n) is 2.82. The van der Waals surface area contributed by atoms with Gasteiger partial charge in [0.25, 0.3) is 0 Å². The maximum Gasteiger partial charge on any atom is 0.344 e. The molecule has 1 saturated heterocycles. The van der Waals surface area contributed by atoms with Crippen molar-refractivity contribution < 1.29 is 19.0 Å². The summed E-state index contributed by atoms with van der Waals surface area (Å²) in [6.45, 7) is 7.82. The van der Waals surface area contributed by atoms with Crippen LogP contribution in [-0.4, -0.2) is 30.4 Å². The van der Waals surface area contributed by atoms with Crippen molar-refractivity contribution in [3.63, 3.8) is 0 Å². The SMILES string of the molecule is COc1cccc(N)c1C(=O)OC1CC(C)(C)OC1(C)C. The number of carbonyl (C=O) groups is 1. The van der Waals surface area contributed by atoms with Crippen molar-refractivity contribution in [1.82, 2.24) is 0 Å². The molecule has 0 amide bonds. The number of anilines is 1. The Kier molecular flexibility index (Phi) is 3.89. The van der Waals surface area contributed by atoms with Crippen molar-refractivity contribution >= 4 is 11.7 Å². The van der Waals surface area contributed by atoms with E-state index in [-0.39, 0.29) is 17.3 Å². The summed E-state index contributed by atoms with van der Waals surface area (Å²) in [5, 5.41) is 0. The van der Waals surface area contributed by atoms with E-state index in [2.05, 4.69) is 0 Å². The minimum absolute atomic E-state index is 0.264. The molecule has 0 saturated carbocycles. The Balaban J connectivity index is 2.23. The Morgan fingerprint density at radius 2 is 2.00 bits per heavy atom. The standard InChI is InChI=1S/C16H23NO4/c1-15(2)9-12(16(3,4)21-15)20-14(18)13-10(17)7-6-8-11(13)19-5/h6-8,12H,9,17H2,1-5H3. The van der Waals surface area contributed by atoms with Crippen molar-refractivity contribution in [3.05, 3.63) is 23.8 Å². The summed E-state index contributed by atoms with van der Waals surface area (Å²) >= 11 is 0. The van der Waals surface area contributed by atoms with Crippen molar-refractivity contribution in [3.8, 4) is 5.75 Å². The first kappa shape index (κ1) is 15.6. The van der Waals surface area contributed by atoms with Crippen LogP contribution in [0.5, 0.6) is 5.75 Å². The van der Waals surface area contributed by atoms with E-state index in [0.717, 1.165) is 0 Å². The zero-order chi connectivity index (χ0) is 15.8. The number of rotatable bonds is 3. The molecule has 1 atom stereocenters. The highest BCUT2D eigenvalue weighted by Gasteiger charge is 2.48. The molecule has 1 unspecified atom stereocenters. The molecule has 1 aromatic rings. The van der Waals surface area contributed by atoms with Gasteiger partial charge in [-0.2, -0.15) is 0 Å². The molecule has 1 aliphatic heterocycles. The molecular formula is C16H23NO4. The quantitative estimate of drug-likeness (QED) is 0.685. The Morgan fingerprint density at radius 1 is 1.33 bits per heavy atom. The topological polar surface area (TPSA) is 70.8 Å². The first-order valence-electron chi connectivity index (χ1n) is 7.00. The number of hydrogen-bond acceptors (Lipinski definition) is 5. The molecule has 0 spiro atoms. The van der Waals surface area contributed by atoms with Gasteiger partial charge in [0.05, 0.1) is 12.7 Å². The monoisotopic (exact) mass is 293 g/mol. The molecular weight excluding hydrogens is 270 g/mol. The Bertz CT molecular complexity index is 551. The first-order chi connectivity index (χ1) is 9.66. The van der Waals surface area contributed by atoms with E-state index in [9.17, 15) is 4.79 Å². The van der Waals surface area contributed by atoms with E-state index in [1.54, 1.807) is 18.2 Å². The number of benzene rings is 1. The molecule has 116 valence electrons. The molecule has 1 fully saturated rings. The van der Waals surface area contributed by atoms with Crippen LogP contribution < -0.4 is 10.5 Å².